The fourth-order valence-electron chi connectivity index (χ4n) is 2.66. The largest absolute Gasteiger partial charge is 0.323 e. The summed E-state index contributed by atoms with van der Waals surface area (Å²) < 4.78 is 37.8. The van der Waals surface area contributed by atoms with Crippen molar-refractivity contribution in [3.05, 3.63) is 42.5 Å². The highest BCUT2D eigenvalue weighted by Gasteiger charge is 2.29. The number of benzene rings is 1. The summed E-state index contributed by atoms with van der Waals surface area (Å²) in [5, 5.41) is 6.69. The zero-order valence-electron chi connectivity index (χ0n) is 12.3. The maximum absolute atomic E-state index is 13.7. The van der Waals surface area contributed by atoms with Crippen LogP contribution in [0.5, 0.6) is 0 Å². The monoisotopic (exact) mass is 337 g/mol. The Morgan fingerprint density at radius 1 is 1.39 bits per heavy atom. The standard InChI is InChI=1S/C15H16FN3O3S/c16-13-3-1-2-4-14(13)19-9-12(8-17-19)18-15(20)7-11-5-6-23(21,22)10-11/h1-4,8-9,11H,5-7,10H2,(H,18,20)/t11-/m0/s1. The van der Waals surface area contributed by atoms with Crippen LogP contribution in [0.1, 0.15) is 12.8 Å². The molecule has 1 amide bonds. The SMILES string of the molecule is O=C(C[C@@H]1CCS(=O)(=O)C1)Nc1cnn(-c2ccccc2F)c1. The number of carbonyl (C=O) groups excluding carboxylic acids is 1. The average Bonchev–Trinajstić information content (AvgIpc) is 3.06. The second-order valence-corrected chi connectivity index (χ2v) is 7.88. The van der Waals surface area contributed by atoms with Crippen molar-refractivity contribution in [3.63, 3.8) is 0 Å². The third kappa shape index (κ3) is 3.76. The van der Waals surface area contributed by atoms with Crippen molar-refractivity contribution in [3.8, 4) is 5.69 Å². The predicted octanol–water partition coefficient (Wildman–Crippen LogP) is 1.77. The van der Waals surface area contributed by atoms with Crippen LogP contribution in [0.4, 0.5) is 10.1 Å². The third-order valence-corrected chi connectivity index (χ3v) is 5.60. The van der Waals surface area contributed by atoms with E-state index in [4.69, 9.17) is 0 Å². The van der Waals surface area contributed by atoms with Crippen molar-refractivity contribution >= 4 is 21.4 Å². The fourth-order valence-corrected chi connectivity index (χ4v) is 4.53. The Morgan fingerprint density at radius 2 is 2.17 bits per heavy atom. The van der Waals surface area contributed by atoms with Gasteiger partial charge in [0.2, 0.25) is 5.91 Å². The van der Waals surface area contributed by atoms with Crippen LogP contribution in [0.25, 0.3) is 5.69 Å². The summed E-state index contributed by atoms with van der Waals surface area (Å²) in [4.78, 5) is 12.0. The molecule has 6 nitrogen and oxygen atoms in total. The smallest absolute Gasteiger partial charge is 0.224 e. The summed E-state index contributed by atoms with van der Waals surface area (Å²) in [5.74, 6) is -0.600. The molecule has 1 N–H and O–H groups in total. The Labute approximate surface area is 133 Å². The average molecular weight is 337 g/mol. The number of halogens is 1. The van der Waals surface area contributed by atoms with Crippen LogP contribution in [0.2, 0.25) is 0 Å². The van der Waals surface area contributed by atoms with Crippen LogP contribution >= 0.6 is 0 Å². The fraction of sp³-hybridized carbons (Fsp3) is 0.333. The number of para-hydroxylation sites is 1. The van der Waals surface area contributed by atoms with E-state index in [0.717, 1.165) is 0 Å². The molecule has 0 bridgehead atoms. The second-order valence-electron chi connectivity index (χ2n) is 5.65. The molecular weight excluding hydrogens is 321 g/mol. The van der Waals surface area contributed by atoms with Crippen LogP contribution in [0.3, 0.4) is 0 Å². The minimum Gasteiger partial charge on any atom is -0.323 e. The Morgan fingerprint density at radius 3 is 2.87 bits per heavy atom. The molecule has 1 aromatic heterocycles. The summed E-state index contributed by atoms with van der Waals surface area (Å²) in [5.41, 5.74) is 0.731. The van der Waals surface area contributed by atoms with Crippen molar-refractivity contribution in [1.29, 1.82) is 0 Å². The first-order chi connectivity index (χ1) is 10.9. The minimum atomic E-state index is -2.99. The molecule has 8 heteroatoms. The predicted molar refractivity (Wildman–Crippen MR) is 83.5 cm³/mol. The van der Waals surface area contributed by atoms with Crippen LogP contribution in [0.15, 0.2) is 36.7 Å². The molecule has 1 fully saturated rings. The number of sulfone groups is 1. The normalized spacial score (nSPS) is 19.6. The quantitative estimate of drug-likeness (QED) is 0.922. The van der Waals surface area contributed by atoms with Crippen LogP contribution < -0.4 is 5.32 Å². The minimum absolute atomic E-state index is 0.0644. The summed E-state index contributed by atoms with van der Waals surface area (Å²) in [6, 6.07) is 6.19. The number of carbonyl (C=O) groups is 1. The molecule has 1 atom stereocenters. The van der Waals surface area contributed by atoms with Gasteiger partial charge in [-0.2, -0.15) is 5.10 Å². The lowest BCUT2D eigenvalue weighted by Crippen LogP contribution is -2.17. The van der Waals surface area contributed by atoms with Gasteiger partial charge in [0.05, 0.1) is 29.6 Å². The van der Waals surface area contributed by atoms with Gasteiger partial charge < -0.3 is 5.32 Å². The molecule has 1 saturated heterocycles. The molecule has 0 saturated carbocycles. The molecule has 23 heavy (non-hydrogen) atoms. The number of hydrogen-bond acceptors (Lipinski definition) is 4. The highest BCUT2D eigenvalue weighted by atomic mass is 32.2. The molecule has 0 aliphatic carbocycles. The van der Waals surface area contributed by atoms with E-state index < -0.39 is 15.7 Å². The van der Waals surface area contributed by atoms with Crippen LogP contribution in [-0.4, -0.2) is 35.6 Å². The van der Waals surface area contributed by atoms with Crippen molar-refractivity contribution in [2.24, 2.45) is 5.92 Å². The second kappa shape index (κ2) is 6.11. The van der Waals surface area contributed by atoms with E-state index in [0.29, 0.717) is 12.1 Å². The number of aromatic nitrogens is 2. The molecule has 0 radical (unpaired) electrons. The van der Waals surface area contributed by atoms with Gasteiger partial charge in [-0.1, -0.05) is 12.1 Å². The zero-order chi connectivity index (χ0) is 16.4. The van der Waals surface area contributed by atoms with Gasteiger partial charge in [0, 0.05) is 6.42 Å². The zero-order valence-corrected chi connectivity index (χ0v) is 13.1. The van der Waals surface area contributed by atoms with Gasteiger partial charge in [0.1, 0.15) is 11.5 Å². The van der Waals surface area contributed by atoms with E-state index in [1.807, 2.05) is 0 Å². The van der Waals surface area contributed by atoms with Gasteiger partial charge in [-0.3, -0.25) is 4.79 Å². The molecule has 1 aliphatic rings. The third-order valence-electron chi connectivity index (χ3n) is 3.77. The number of nitrogens with zero attached hydrogens (tertiary/aromatic N) is 2. The van der Waals surface area contributed by atoms with Gasteiger partial charge in [0.15, 0.2) is 9.84 Å². The van der Waals surface area contributed by atoms with Crippen LogP contribution in [0, 0.1) is 11.7 Å². The molecule has 2 aromatic rings. The van der Waals surface area contributed by atoms with E-state index in [2.05, 4.69) is 10.4 Å². The Hall–Kier alpha value is -2.22. The number of hydrogen-bond donors (Lipinski definition) is 1. The lowest BCUT2D eigenvalue weighted by Gasteiger charge is -2.07. The van der Waals surface area contributed by atoms with Crippen LogP contribution in [-0.2, 0) is 14.6 Å². The number of rotatable bonds is 4. The van der Waals surface area contributed by atoms with Crippen molar-refractivity contribution < 1.29 is 17.6 Å². The first kappa shape index (κ1) is 15.7. The van der Waals surface area contributed by atoms with Gasteiger partial charge in [0.25, 0.3) is 0 Å². The van der Waals surface area contributed by atoms with E-state index in [1.165, 1.54) is 23.1 Å². The molecule has 122 valence electrons. The lowest BCUT2D eigenvalue weighted by atomic mass is 10.1. The molecule has 0 spiro atoms. The van der Waals surface area contributed by atoms with E-state index >= 15 is 0 Å². The summed E-state index contributed by atoms with van der Waals surface area (Å²) >= 11 is 0. The summed E-state index contributed by atoms with van der Waals surface area (Å²) in [6.45, 7) is 0. The summed E-state index contributed by atoms with van der Waals surface area (Å²) in [7, 11) is -2.99. The van der Waals surface area contributed by atoms with E-state index in [-0.39, 0.29) is 35.4 Å². The molecule has 1 aliphatic heterocycles. The first-order valence-corrected chi connectivity index (χ1v) is 9.05. The van der Waals surface area contributed by atoms with Gasteiger partial charge in [-0.05, 0) is 24.5 Å². The highest BCUT2D eigenvalue weighted by molar-refractivity contribution is 7.91. The number of anilines is 1. The van der Waals surface area contributed by atoms with Crippen molar-refractivity contribution in [2.75, 3.05) is 16.8 Å². The Balaban J connectivity index is 1.63. The maximum Gasteiger partial charge on any atom is 0.224 e. The Kier molecular flexibility index (Phi) is 4.16. The topological polar surface area (TPSA) is 81.1 Å². The molecule has 2 heterocycles. The first-order valence-electron chi connectivity index (χ1n) is 7.23. The van der Waals surface area contributed by atoms with Crippen molar-refractivity contribution in [1.82, 2.24) is 9.78 Å². The van der Waals surface area contributed by atoms with E-state index in [9.17, 15) is 17.6 Å². The highest BCUT2D eigenvalue weighted by Crippen LogP contribution is 2.22. The summed E-state index contributed by atoms with van der Waals surface area (Å²) in [6.07, 6.45) is 3.62. The van der Waals surface area contributed by atoms with Gasteiger partial charge in [-0.15, -0.1) is 0 Å². The number of nitrogens with one attached hydrogen (secondary N) is 1. The van der Waals surface area contributed by atoms with E-state index in [1.54, 1.807) is 18.2 Å². The molecule has 1 aromatic carbocycles. The van der Waals surface area contributed by atoms with Gasteiger partial charge >= 0.3 is 0 Å². The van der Waals surface area contributed by atoms with Gasteiger partial charge in [-0.25, -0.2) is 17.5 Å². The molecular formula is C15H16FN3O3S. The lowest BCUT2D eigenvalue weighted by molar-refractivity contribution is -0.116. The number of amides is 1. The Bertz CT molecular complexity index is 832. The van der Waals surface area contributed by atoms with Crippen molar-refractivity contribution in [2.45, 2.75) is 12.8 Å². The molecule has 0 unspecified atom stereocenters. The maximum atomic E-state index is 13.7. The molecule has 3 rings (SSSR count).